The number of piperidine rings is 1. The minimum Gasteiger partial charge on any atom is -0.393 e. The van der Waals surface area contributed by atoms with Crippen molar-refractivity contribution in [2.75, 3.05) is 6.54 Å². The van der Waals surface area contributed by atoms with E-state index in [2.05, 4.69) is 5.32 Å². The maximum absolute atomic E-state index is 9.41. The Hall–Kier alpha value is 0.210. The highest BCUT2D eigenvalue weighted by Crippen LogP contribution is 2.35. The van der Waals surface area contributed by atoms with Gasteiger partial charge in [0.15, 0.2) is 0 Å². The van der Waals surface area contributed by atoms with E-state index in [1.807, 2.05) is 0 Å². The number of aliphatic hydroxyl groups excluding tert-OH is 1. The third kappa shape index (κ3) is 1.93. The lowest BCUT2D eigenvalue weighted by Gasteiger charge is -2.34. The van der Waals surface area contributed by atoms with Crippen LogP contribution in [0.1, 0.15) is 38.5 Å². The molecule has 2 aliphatic rings. The van der Waals surface area contributed by atoms with E-state index in [4.69, 9.17) is 0 Å². The molecule has 1 saturated carbocycles. The highest BCUT2D eigenvalue weighted by molar-refractivity contribution is 5.85. The molecule has 1 aliphatic heterocycles. The molecule has 2 rings (SSSR count). The molecule has 1 aliphatic carbocycles. The number of halogens is 1. The highest BCUT2D eigenvalue weighted by Gasteiger charge is 2.38. The number of aliphatic hydroxyl groups is 1. The lowest BCUT2D eigenvalue weighted by Crippen LogP contribution is -2.46. The second-order valence-corrected chi connectivity index (χ2v) is 4.06. The quantitative estimate of drug-likeness (QED) is 0.608. The van der Waals surface area contributed by atoms with Gasteiger partial charge < -0.3 is 10.4 Å². The number of hydrogen-bond acceptors (Lipinski definition) is 2. The standard InChI is InChI=1S/C9H17NO.ClH/c11-8-3-5-9(7-8)4-1-2-6-10-9;/h8,10-11H,1-7H2;1H/t8-,9-;/m1./s1. The van der Waals surface area contributed by atoms with Crippen molar-refractivity contribution in [1.82, 2.24) is 5.32 Å². The van der Waals surface area contributed by atoms with Crippen LogP contribution in [0.4, 0.5) is 0 Å². The Bertz CT molecular complexity index is 140. The smallest absolute Gasteiger partial charge is 0.0558 e. The van der Waals surface area contributed by atoms with E-state index in [9.17, 15) is 5.11 Å². The van der Waals surface area contributed by atoms with Crippen LogP contribution < -0.4 is 5.32 Å². The zero-order valence-electron chi connectivity index (χ0n) is 7.38. The minimum atomic E-state index is -0.0272. The van der Waals surface area contributed by atoms with Gasteiger partial charge in [-0.25, -0.2) is 0 Å². The van der Waals surface area contributed by atoms with Crippen LogP contribution in [-0.2, 0) is 0 Å². The summed E-state index contributed by atoms with van der Waals surface area (Å²) in [6, 6.07) is 0. The first kappa shape index (κ1) is 10.3. The highest BCUT2D eigenvalue weighted by atomic mass is 35.5. The average Bonchev–Trinajstić information content (AvgIpc) is 2.34. The van der Waals surface area contributed by atoms with Crippen molar-refractivity contribution in [3.63, 3.8) is 0 Å². The molecule has 0 aromatic heterocycles. The van der Waals surface area contributed by atoms with Crippen molar-refractivity contribution in [1.29, 1.82) is 0 Å². The average molecular weight is 192 g/mol. The molecule has 0 aromatic carbocycles. The van der Waals surface area contributed by atoms with Gasteiger partial charge in [0.2, 0.25) is 0 Å². The van der Waals surface area contributed by atoms with Gasteiger partial charge in [-0.1, -0.05) is 6.42 Å². The maximum Gasteiger partial charge on any atom is 0.0558 e. The third-order valence-electron chi connectivity index (χ3n) is 3.16. The van der Waals surface area contributed by atoms with Crippen LogP contribution in [0.3, 0.4) is 0 Å². The second-order valence-electron chi connectivity index (χ2n) is 4.06. The first-order valence-electron chi connectivity index (χ1n) is 4.74. The lowest BCUT2D eigenvalue weighted by molar-refractivity contribution is 0.159. The topological polar surface area (TPSA) is 32.3 Å². The molecule has 2 fully saturated rings. The summed E-state index contributed by atoms with van der Waals surface area (Å²) in [5.74, 6) is 0. The molecule has 1 heterocycles. The molecule has 1 saturated heterocycles. The molecule has 12 heavy (non-hydrogen) atoms. The molecule has 0 bridgehead atoms. The van der Waals surface area contributed by atoms with E-state index in [0.717, 1.165) is 19.4 Å². The van der Waals surface area contributed by atoms with Gasteiger partial charge in [0, 0.05) is 5.54 Å². The van der Waals surface area contributed by atoms with Crippen molar-refractivity contribution in [3.8, 4) is 0 Å². The van der Waals surface area contributed by atoms with Crippen molar-refractivity contribution in [3.05, 3.63) is 0 Å². The summed E-state index contributed by atoms with van der Waals surface area (Å²) >= 11 is 0. The van der Waals surface area contributed by atoms with Crippen molar-refractivity contribution in [2.45, 2.75) is 50.2 Å². The normalized spacial score (nSPS) is 41.2. The van der Waals surface area contributed by atoms with Crippen LogP contribution >= 0.6 is 12.4 Å². The van der Waals surface area contributed by atoms with Crippen LogP contribution in [0.15, 0.2) is 0 Å². The van der Waals surface area contributed by atoms with E-state index in [-0.39, 0.29) is 18.5 Å². The predicted octanol–water partition coefficient (Wildman–Crippen LogP) is 1.47. The van der Waals surface area contributed by atoms with Crippen molar-refractivity contribution in [2.24, 2.45) is 0 Å². The largest absolute Gasteiger partial charge is 0.393 e. The Morgan fingerprint density at radius 3 is 2.58 bits per heavy atom. The fourth-order valence-corrected chi connectivity index (χ4v) is 2.52. The van der Waals surface area contributed by atoms with E-state index in [1.165, 1.54) is 25.7 Å². The molecule has 0 radical (unpaired) electrons. The Balaban J connectivity index is 0.000000720. The van der Waals surface area contributed by atoms with E-state index >= 15 is 0 Å². The fraction of sp³-hybridized carbons (Fsp3) is 1.00. The molecular weight excluding hydrogens is 174 g/mol. The zero-order chi connectivity index (χ0) is 7.73. The SMILES string of the molecule is Cl.O[C@@H]1CC[C@]2(CCCCN2)C1. The Labute approximate surface area is 80.1 Å². The summed E-state index contributed by atoms with van der Waals surface area (Å²) in [5, 5.41) is 13.0. The Morgan fingerprint density at radius 2 is 2.08 bits per heavy atom. The molecular formula is C9H18ClNO. The molecule has 1 spiro atoms. The van der Waals surface area contributed by atoms with Crippen LogP contribution in [0.2, 0.25) is 0 Å². The van der Waals surface area contributed by atoms with Gasteiger partial charge in [0.1, 0.15) is 0 Å². The summed E-state index contributed by atoms with van der Waals surface area (Å²) in [6.07, 6.45) is 7.11. The first-order chi connectivity index (χ1) is 5.31. The summed E-state index contributed by atoms with van der Waals surface area (Å²) in [4.78, 5) is 0. The third-order valence-corrected chi connectivity index (χ3v) is 3.16. The molecule has 2 N–H and O–H groups in total. The number of nitrogens with one attached hydrogen (secondary N) is 1. The maximum atomic E-state index is 9.41. The predicted molar refractivity (Wildman–Crippen MR) is 51.7 cm³/mol. The lowest BCUT2D eigenvalue weighted by atomic mass is 9.87. The molecule has 0 aromatic rings. The van der Waals surface area contributed by atoms with Gasteiger partial charge in [-0.2, -0.15) is 0 Å². The minimum absolute atomic E-state index is 0. The van der Waals surface area contributed by atoms with Gasteiger partial charge in [-0.15, -0.1) is 12.4 Å². The van der Waals surface area contributed by atoms with Crippen LogP contribution in [0.5, 0.6) is 0 Å². The molecule has 2 nitrogen and oxygen atoms in total. The summed E-state index contributed by atoms with van der Waals surface area (Å²) < 4.78 is 0. The van der Waals surface area contributed by atoms with Crippen LogP contribution in [0.25, 0.3) is 0 Å². The first-order valence-corrected chi connectivity index (χ1v) is 4.74. The van der Waals surface area contributed by atoms with Gasteiger partial charge in [-0.05, 0) is 38.6 Å². The Morgan fingerprint density at radius 1 is 1.25 bits per heavy atom. The van der Waals surface area contributed by atoms with Gasteiger partial charge >= 0.3 is 0 Å². The van der Waals surface area contributed by atoms with E-state index < -0.39 is 0 Å². The monoisotopic (exact) mass is 191 g/mol. The summed E-state index contributed by atoms with van der Waals surface area (Å²) in [6.45, 7) is 1.16. The van der Waals surface area contributed by atoms with Gasteiger partial charge in [0.25, 0.3) is 0 Å². The van der Waals surface area contributed by atoms with Crippen LogP contribution in [0, 0.1) is 0 Å². The van der Waals surface area contributed by atoms with Gasteiger partial charge in [0.05, 0.1) is 6.10 Å². The molecule has 72 valence electrons. The zero-order valence-corrected chi connectivity index (χ0v) is 8.20. The fourth-order valence-electron chi connectivity index (χ4n) is 2.52. The van der Waals surface area contributed by atoms with E-state index in [0.29, 0.717) is 5.54 Å². The number of hydrogen-bond donors (Lipinski definition) is 2. The molecule has 3 heteroatoms. The van der Waals surface area contributed by atoms with Crippen molar-refractivity contribution >= 4 is 12.4 Å². The molecule has 0 unspecified atom stereocenters. The summed E-state index contributed by atoms with van der Waals surface area (Å²) in [7, 11) is 0. The van der Waals surface area contributed by atoms with Gasteiger partial charge in [-0.3, -0.25) is 0 Å². The molecule has 0 amide bonds. The number of rotatable bonds is 0. The summed E-state index contributed by atoms with van der Waals surface area (Å²) in [5.41, 5.74) is 0.345. The van der Waals surface area contributed by atoms with Crippen molar-refractivity contribution < 1.29 is 5.11 Å². The molecule has 2 atom stereocenters. The second kappa shape index (κ2) is 3.95. The van der Waals surface area contributed by atoms with Crippen LogP contribution in [-0.4, -0.2) is 23.3 Å². The van der Waals surface area contributed by atoms with E-state index in [1.54, 1.807) is 0 Å². The Kier molecular flexibility index (Phi) is 3.38.